The van der Waals surface area contributed by atoms with E-state index in [0.29, 0.717) is 13.2 Å². The van der Waals surface area contributed by atoms with Gasteiger partial charge in [-0.3, -0.25) is 4.99 Å². The molecule has 6 nitrogen and oxygen atoms in total. The molecular formula is C20H30IN3O3. The summed E-state index contributed by atoms with van der Waals surface area (Å²) < 4.78 is 15.9. The molecule has 1 heterocycles. The first-order chi connectivity index (χ1) is 12.7. The highest BCUT2D eigenvalue weighted by Gasteiger charge is 2.05. The van der Waals surface area contributed by atoms with Gasteiger partial charge < -0.3 is 24.5 Å². The minimum absolute atomic E-state index is 0. The number of hydrogen-bond acceptors (Lipinski definition) is 4. The van der Waals surface area contributed by atoms with Gasteiger partial charge in [-0.2, -0.15) is 0 Å². The Bertz CT molecular complexity index is 675. The maximum absolute atomic E-state index is 5.44. The van der Waals surface area contributed by atoms with E-state index in [1.807, 2.05) is 18.2 Å². The number of methoxy groups -OCH3 is 2. The number of nitrogens with zero attached hydrogens (tertiary/aromatic N) is 1. The SMILES string of the molecule is COCCN=C(NCCc1ccco1)NCCc1cc(C)ccc1OC.I. The van der Waals surface area contributed by atoms with E-state index in [1.165, 1.54) is 11.1 Å². The maximum atomic E-state index is 5.44. The fourth-order valence-electron chi connectivity index (χ4n) is 2.60. The second-order valence-corrected chi connectivity index (χ2v) is 5.97. The van der Waals surface area contributed by atoms with Crippen molar-refractivity contribution in [3.05, 3.63) is 53.5 Å². The third kappa shape index (κ3) is 8.66. The molecule has 0 saturated heterocycles. The van der Waals surface area contributed by atoms with Crippen molar-refractivity contribution >= 4 is 29.9 Å². The van der Waals surface area contributed by atoms with Crippen LogP contribution in [0.3, 0.4) is 0 Å². The van der Waals surface area contributed by atoms with Gasteiger partial charge in [-0.15, -0.1) is 24.0 Å². The molecule has 0 spiro atoms. The minimum Gasteiger partial charge on any atom is -0.496 e. The van der Waals surface area contributed by atoms with Crippen LogP contribution in [0.1, 0.15) is 16.9 Å². The lowest BCUT2D eigenvalue weighted by molar-refractivity contribution is 0.208. The Morgan fingerprint density at radius 3 is 2.56 bits per heavy atom. The molecule has 1 aromatic carbocycles. The lowest BCUT2D eigenvalue weighted by Crippen LogP contribution is -2.39. The number of ether oxygens (including phenoxy) is 2. The van der Waals surface area contributed by atoms with Gasteiger partial charge in [0.15, 0.2) is 5.96 Å². The van der Waals surface area contributed by atoms with Crippen molar-refractivity contribution in [1.82, 2.24) is 10.6 Å². The van der Waals surface area contributed by atoms with Gasteiger partial charge in [0.05, 0.1) is 26.5 Å². The minimum atomic E-state index is 0. The molecule has 0 atom stereocenters. The number of aliphatic imine (C=N–C) groups is 1. The predicted octanol–water partition coefficient (Wildman–Crippen LogP) is 3.18. The summed E-state index contributed by atoms with van der Waals surface area (Å²) in [6.07, 6.45) is 3.36. The molecule has 0 radical (unpaired) electrons. The van der Waals surface area contributed by atoms with Crippen molar-refractivity contribution in [2.45, 2.75) is 19.8 Å². The molecule has 0 bridgehead atoms. The van der Waals surface area contributed by atoms with E-state index >= 15 is 0 Å². The van der Waals surface area contributed by atoms with Gasteiger partial charge in [0.1, 0.15) is 11.5 Å². The summed E-state index contributed by atoms with van der Waals surface area (Å²) in [6.45, 7) is 4.81. The Kier molecular flexibility index (Phi) is 11.6. The zero-order chi connectivity index (χ0) is 18.6. The Labute approximate surface area is 178 Å². The fourth-order valence-corrected chi connectivity index (χ4v) is 2.60. The quantitative estimate of drug-likeness (QED) is 0.233. The average molecular weight is 487 g/mol. The average Bonchev–Trinajstić information content (AvgIpc) is 3.15. The second-order valence-electron chi connectivity index (χ2n) is 5.97. The highest BCUT2D eigenvalue weighted by molar-refractivity contribution is 14.0. The van der Waals surface area contributed by atoms with E-state index in [9.17, 15) is 0 Å². The number of benzene rings is 1. The Morgan fingerprint density at radius 1 is 1.11 bits per heavy atom. The van der Waals surface area contributed by atoms with E-state index < -0.39 is 0 Å². The van der Waals surface area contributed by atoms with E-state index in [2.05, 4.69) is 34.7 Å². The van der Waals surface area contributed by atoms with Crippen LogP contribution in [0, 0.1) is 6.92 Å². The smallest absolute Gasteiger partial charge is 0.191 e. The van der Waals surface area contributed by atoms with Gasteiger partial charge in [-0.25, -0.2) is 0 Å². The highest BCUT2D eigenvalue weighted by Crippen LogP contribution is 2.19. The van der Waals surface area contributed by atoms with E-state index in [4.69, 9.17) is 13.9 Å². The van der Waals surface area contributed by atoms with Crippen LogP contribution in [0.15, 0.2) is 46.0 Å². The molecule has 0 aliphatic heterocycles. The molecule has 2 N–H and O–H groups in total. The lowest BCUT2D eigenvalue weighted by Gasteiger charge is -2.14. The molecular weight excluding hydrogens is 457 g/mol. The van der Waals surface area contributed by atoms with Crippen molar-refractivity contribution in [3.8, 4) is 5.75 Å². The normalized spacial score (nSPS) is 11.0. The van der Waals surface area contributed by atoms with Crippen molar-refractivity contribution in [2.75, 3.05) is 40.5 Å². The first-order valence-electron chi connectivity index (χ1n) is 8.90. The topological polar surface area (TPSA) is 68.0 Å². The third-order valence-electron chi connectivity index (χ3n) is 3.93. The van der Waals surface area contributed by atoms with Crippen molar-refractivity contribution in [1.29, 1.82) is 0 Å². The molecule has 0 unspecified atom stereocenters. The molecule has 7 heteroatoms. The standard InChI is InChI=1S/C20H29N3O3.HI/c1-16-6-7-19(25-3)17(15-16)8-10-21-20(23-12-14-24-2)22-11-9-18-5-4-13-26-18;/h4-7,13,15H,8-12,14H2,1-3H3,(H2,21,22,23);1H. The third-order valence-corrected chi connectivity index (χ3v) is 3.93. The van der Waals surface area contributed by atoms with E-state index in [0.717, 1.165) is 43.4 Å². The van der Waals surface area contributed by atoms with Crippen molar-refractivity contribution in [3.63, 3.8) is 0 Å². The van der Waals surface area contributed by atoms with E-state index in [1.54, 1.807) is 20.5 Å². The monoisotopic (exact) mass is 487 g/mol. The van der Waals surface area contributed by atoms with Gasteiger partial charge in [0.25, 0.3) is 0 Å². The van der Waals surface area contributed by atoms with Gasteiger partial charge in [-0.05, 0) is 37.1 Å². The Morgan fingerprint density at radius 2 is 1.89 bits per heavy atom. The first-order valence-corrected chi connectivity index (χ1v) is 8.90. The van der Waals surface area contributed by atoms with Crippen LogP contribution < -0.4 is 15.4 Å². The summed E-state index contributed by atoms with van der Waals surface area (Å²) in [5.41, 5.74) is 2.41. The fraction of sp³-hybridized carbons (Fsp3) is 0.450. The largest absolute Gasteiger partial charge is 0.496 e. The Hall–Kier alpha value is -1.74. The summed E-state index contributed by atoms with van der Waals surface area (Å²) >= 11 is 0. The number of nitrogens with one attached hydrogen (secondary N) is 2. The molecule has 0 saturated carbocycles. The van der Waals surface area contributed by atoms with Crippen LogP contribution in [0.25, 0.3) is 0 Å². The van der Waals surface area contributed by atoms with Crippen molar-refractivity contribution < 1.29 is 13.9 Å². The zero-order valence-corrected chi connectivity index (χ0v) is 18.6. The molecule has 0 aliphatic carbocycles. The number of furan rings is 1. The van der Waals surface area contributed by atoms with Gasteiger partial charge in [0.2, 0.25) is 0 Å². The van der Waals surface area contributed by atoms with Crippen LogP contribution in [0.5, 0.6) is 5.75 Å². The number of halogens is 1. The van der Waals surface area contributed by atoms with Crippen molar-refractivity contribution in [2.24, 2.45) is 4.99 Å². The maximum Gasteiger partial charge on any atom is 0.191 e. The highest BCUT2D eigenvalue weighted by atomic mass is 127. The van der Waals surface area contributed by atoms with Crippen LogP contribution in [-0.4, -0.2) is 46.4 Å². The molecule has 2 aromatic rings. The van der Waals surface area contributed by atoms with Crippen LogP contribution in [0.4, 0.5) is 0 Å². The molecule has 0 aliphatic rings. The Balaban J connectivity index is 0.00000364. The summed E-state index contributed by atoms with van der Waals surface area (Å²) in [5.74, 6) is 2.65. The number of guanidine groups is 1. The molecule has 150 valence electrons. The summed E-state index contributed by atoms with van der Waals surface area (Å²) in [5, 5.41) is 6.71. The summed E-state index contributed by atoms with van der Waals surface area (Å²) in [7, 11) is 3.38. The lowest BCUT2D eigenvalue weighted by atomic mass is 10.1. The van der Waals surface area contributed by atoms with E-state index in [-0.39, 0.29) is 24.0 Å². The summed E-state index contributed by atoms with van der Waals surface area (Å²) in [6, 6.07) is 10.1. The van der Waals surface area contributed by atoms with Crippen LogP contribution >= 0.6 is 24.0 Å². The predicted molar refractivity (Wildman–Crippen MR) is 119 cm³/mol. The van der Waals surface area contributed by atoms with Crippen LogP contribution in [-0.2, 0) is 17.6 Å². The molecule has 27 heavy (non-hydrogen) atoms. The van der Waals surface area contributed by atoms with Gasteiger partial charge >= 0.3 is 0 Å². The number of hydrogen-bond donors (Lipinski definition) is 2. The van der Waals surface area contributed by atoms with Crippen LogP contribution in [0.2, 0.25) is 0 Å². The molecule has 0 amide bonds. The number of rotatable bonds is 10. The van der Waals surface area contributed by atoms with Gasteiger partial charge in [-0.1, -0.05) is 17.7 Å². The van der Waals surface area contributed by atoms with Gasteiger partial charge in [0, 0.05) is 26.6 Å². The molecule has 0 fully saturated rings. The molecule has 1 aromatic heterocycles. The zero-order valence-electron chi connectivity index (χ0n) is 16.3. The summed E-state index contributed by atoms with van der Waals surface area (Å²) in [4.78, 5) is 4.53. The molecule has 2 rings (SSSR count). The number of aryl methyl sites for hydroxylation is 1. The first kappa shape index (κ1) is 23.3. The second kappa shape index (κ2) is 13.4.